The van der Waals surface area contributed by atoms with Crippen molar-refractivity contribution >= 4 is 66.3 Å². The Morgan fingerprint density at radius 3 is 0.644 bits per heavy atom. The molecule has 9 aromatic rings. The van der Waals surface area contributed by atoms with Crippen LogP contribution in [0.1, 0.15) is 0 Å². The highest BCUT2D eigenvalue weighted by Gasteiger charge is 2.43. The Bertz CT molecular complexity index is 3760. The van der Waals surface area contributed by atoms with E-state index in [1.165, 1.54) is 146 Å². The van der Waals surface area contributed by atoms with E-state index < -0.39 is 111 Å². The van der Waals surface area contributed by atoms with Crippen LogP contribution in [-0.4, -0.2) is 87.7 Å². The molecule has 0 radical (unpaired) electrons. The van der Waals surface area contributed by atoms with Crippen LogP contribution >= 0.6 is 0 Å². The molecule has 0 amide bonds. The molecule has 3 heterocycles. The maximum absolute atomic E-state index is 14.5. The molecule has 73 heavy (non-hydrogen) atoms. The van der Waals surface area contributed by atoms with Gasteiger partial charge in [0.1, 0.15) is 0 Å². The molecule has 6 aromatic carbocycles. The SMILES string of the molecule is O=S(=O)(c1ccccc1)c1cc(S(=O)(=O)c2ccccc2)n(OB(On2nc(S(=O)(=O)c3ccccc3)cc2S(=O)(=O)c2ccccc2)On2nc(S(=O)(=O)c3ccccc3)cc2S(=O)(=O)c2ccccc2)n1. The van der Waals surface area contributed by atoms with Gasteiger partial charge >= 0.3 is 7.32 Å². The molecule has 0 N–H and O–H groups in total. The Kier molecular flexibility index (Phi) is 13.2. The molecule has 0 unspecified atom stereocenters. The third kappa shape index (κ3) is 9.65. The maximum atomic E-state index is 14.5. The number of hydrogen-bond acceptors (Lipinski definition) is 18. The predicted molar refractivity (Wildman–Crippen MR) is 254 cm³/mol. The van der Waals surface area contributed by atoms with E-state index in [9.17, 15) is 50.5 Å². The van der Waals surface area contributed by atoms with Crippen molar-refractivity contribution in [3.8, 4) is 0 Å². The van der Waals surface area contributed by atoms with E-state index in [0.29, 0.717) is 18.2 Å². The lowest BCUT2D eigenvalue weighted by atomic mass is 10.3. The molecule has 0 spiro atoms. The largest absolute Gasteiger partial charge is 0.929 e. The Balaban J connectivity index is 1.28. The van der Waals surface area contributed by atoms with Gasteiger partial charge in [-0.25, -0.2) is 50.5 Å². The number of hydrogen-bond donors (Lipinski definition) is 0. The number of benzene rings is 6. The van der Waals surface area contributed by atoms with Crippen LogP contribution in [0.3, 0.4) is 0 Å². The molecule has 0 saturated heterocycles. The minimum absolute atomic E-state index is 0.0931. The quantitative estimate of drug-likeness (QED) is 0.110. The molecular weight excluding hydrogens is 1070 g/mol. The Labute approximate surface area is 418 Å². The van der Waals surface area contributed by atoms with E-state index in [4.69, 9.17) is 14.3 Å². The van der Waals surface area contributed by atoms with Crippen LogP contribution in [-0.2, 0) is 59.0 Å². The molecule has 28 heteroatoms. The number of nitrogens with zero attached hydrogens (tertiary/aromatic N) is 6. The van der Waals surface area contributed by atoms with Gasteiger partial charge in [-0.3, -0.25) is 0 Å². The lowest BCUT2D eigenvalue weighted by Gasteiger charge is -2.18. The normalized spacial score (nSPS) is 12.5. The first-order valence-electron chi connectivity index (χ1n) is 20.8. The van der Waals surface area contributed by atoms with Crippen molar-refractivity contribution in [3.05, 3.63) is 200 Å². The summed E-state index contributed by atoms with van der Waals surface area (Å²) in [5.41, 5.74) is 0. The molecule has 3 aromatic heterocycles. The molecule has 0 aliphatic rings. The zero-order valence-electron chi connectivity index (χ0n) is 36.9. The average molecular weight is 1100 g/mol. The number of sulfone groups is 6. The van der Waals surface area contributed by atoms with Crippen LogP contribution in [0.15, 0.2) is 260 Å². The van der Waals surface area contributed by atoms with Crippen LogP contribution in [0.2, 0.25) is 0 Å². The third-order valence-electron chi connectivity index (χ3n) is 10.4. The van der Waals surface area contributed by atoms with Gasteiger partial charge in [0.05, 0.1) is 29.4 Å². The second kappa shape index (κ2) is 19.3. The van der Waals surface area contributed by atoms with E-state index in [1.807, 2.05) is 0 Å². The molecule has 0 saturated carbocycles. The van der Waals surface area contributed by atoms with Gasteiger partial charge in [-0.05, 0) is 72.8 Å². The first-order chi connectivity index (χ1) is 34.7. The monoisotopic (exact) mass is 1100 g/mol. The van der Waals surface area contributed by atoms with E-state index >= 15 is 0 Å². The van der Waals surface area contributed by atoms with Crippen molar-refractivity contribution in [1.82, 2.24) is 29.8 Å². The summed E-state index contributed by atoms with van der Waals surface area (Å²) in [6.07, 6.45) is 0. The van der Waals surface area contributed by atoms with Gasteiger partial charge < -0.3 is 14.3 Å². The standard InChI is InChI=1S/C45H33BN6O15S6/c53-68(54,34-19-7-1-8-20-34)40-31-43(71(59,60)37-25-13-4-14-26-37)50(47-40)65-46(66-51-44(72(61,62)38-27-15-5-16-28-38)32-41(48-51)69(55,56)35-21-9-2-10-22-35)67-52-45(73(63,64)39-29-17-6-18-30-39)33-42(49-52)70(57,58)36-23-11-3-12-24-36/h1-33H. The van der Waals surface area contributed by atoms with Crippen LogP contribution in [0.5, 0.6) is 0 Å². The van der Waals surface area contributed by atoms with E-state index in [-0.39, 0.29) is 29.2 Å². The summed E-state index contributed by atoms with van der Waals surface area (Å²) in [4.78, 5) is -2.08. The van der Waals surface area contributed by atoms with Gasteiger partial charge in [-0.1, -0.05) is 124 Å². The van der Waals surface area contributed by atoms with Gasteiger partial charge in [0, 0.05) is 18.2 Å². The topological polar surface area (TPSA) is 286 Å². The Morgan fingerprint density at radius 2 is 0.452 bits per heavy atom. The van der Waals surface area contributed by atoms with Crippen LogP contribution in [0.4, 0.5) is 0 Å². The molecular formula is C45H33BN6O15S6. The smallest absolute Gasteiger partial charge is 0.379 e. The first kappa shape index (κ1) is 50.1. The lowest BCUT2D eigenvalue weighted by Crippen LogP contribution is -2.50. The summed E-state index contributed by atoms with van der Waals surface area (Å²) in [5, 5.41) is 5.91. The Morgan fingerprint density at radius 1 is 0.274 bits per heavy atom. The van der Waals surface area contributed by atoms with Crippen molar-refractivity contribution in [3.63, 3.8) is 0 Å². The zero-order chi connectivity index (χ0) is 51.8. The fraction of sp³-hybridized carbons (Fsp3) is 0. The van der Waals surface area contributed by atoms with E-state index in [2.05, 4.69) is 15.3 Å². The van der Waals surface area contributed by atoms with Crippen molar-refractivity contribution in [2.75, 3.05) is 0 Å². The lowest BCUT2D eigenvalue weighted by molar-refractivity contribution is 0.0189. The third-order valence-corrected chi connectivity index (χ3v) is 20.5. The minimum Gasteiger partial charge on any atom is -0.379 e. The van der Waals surface area contributed by atoms with Crippen molar-refractivity contribution < 1.29 is 64.8 Å². The van der Waals surface area contributed by atoms with Gasteiger partial charge in [0.2, 0.25) is 59.0 Å². The summed E-state index contributed by atoms with van der Waals surface area (Å²) in [6, 6.07) is 41.4. The molecule has 0 fully saturated rings. The van der Waals surface area contributed by atoms with Gasteiger partial charge in [0.25, 0.3) is 0 Å². The molecule has 0 atom stereocenters. The summed E-state index contributed by atoms with van der Waals surface area (Å²) < 4.78 is 189. The summed E-state index contributed by atoms with van der Waals surface area (Å²) >= 11 is 0. The number of aromatic nitrogens is 6. The van der Waals surface area contributed by atoms with E-state index in [0.717, 1.165) is 36.4 Å². The molecule has 372 valence electrons. The van der Waals surface area contributed by atoms with E-state index in [1.54, 1.807) is 0 Å². The first-order valence-corrected chi connectivity index (χ1v) is 29.7. The minimum atomic E-state index is -4.90. The summed E-state index contributed by atoms with van der Waals surface area (Å²) in [5.74, 6) is 0. The van der Waals surface area contributed by atoms with Crippen molar-refractivity contribution in [2.45, 2.75) is 59.5 Å². The van der Waals surface area contributed by atoms with Gasteiger partial charge in [-0.2, -0.15) is 0 Å². The Hall–Kier alpha value is -7.89. The van der Waals surface area contributed by atoms with Crippen LogP contribution < -0.4 is 14.3 Å². The summed E-state index contributed by atoms with van der Waals surface area (Å²) in [6.45, 7) is 0. The second-order valence-electron chi connectivity index (χ2n) is 15.1. The molecule has 9 rings (SSSR count). The highest BCUT2D eigenvalue weighted by atomic mass is 32.2. The molecule has 0 aliphatic carbocycles. The van der Waals surface area contributed by atoms with Crippen LogP contribution in [0, 0.1) is 0 Å². The maximum Gasteiger partial charge on any atom is 0.929 e. The molecule has 0 bridgehead atoms. The van der Waals surface area contributed by atoms with Crippen molar-refractivity contribution in [2.24, 2.45) is 0 Å². The van der Waals surface area contributed by atoms with Gasteiger partial charge in [0.15, 0.2) is 30.2 Å². The van der Waals surface area contributed by atoms with Gasteiger partial charge in [-0.15, -0.1) is 15.3 Å². The highest BCUT2D eigenvalue weighted by Crippen LogP contribution is 2.30. The van der Waals surface area contributed by atoms with Crippen LogP contribution in [0.25, 0.3) is 0 Å². The fourth-order valence-corrected chi connectivity index (χ4v) is 14.6. The second-order valence-corrected chi connectivity index (χ2v) is 26.5. The van der Waals surface area contributed by atoms with Crippen molar-refractivity contribution in [1.29, 1.82) is 0 Å². The highest BCUT2D eigenvalue weighted by molar-refractivity contribution is 7.93. The fourth-order valence-electron chi connectivity index (χ4n) is 6.77. The average Bonchev–Trinajstić information content (AvgIpc) is 4.17. The zero-order valence-corrected chi connectivity index (χ0v) is 41.8. The summed E-state index contributed by atoms with van der Waals surface area (Å²) in [7, 11) is -31.8. The predicted octanol–water partition coefficient (Wildman–Crippen LogP) is 3.94. The molecule has 0 aliphatic heterocycles. The molecule has 21 nitrogen and oxygen atoms in total. The number of rotatable bonds is 18.